The number of rotatable bonds is 7. The highest BCUT2D eigenvalue weighted by atomic mass is 32.2. The highest BCUT2D eigenvalue weighted by Crippen LogP contribution is 2.28. The van der Waals surface area contributed by atoms with Gasteiger partial charge >= 0.3 is 0 Å². The van der Waals surface area contributed by atoms with Gasteiger partial charge in [-0.1, -0.05) is 0 Å². The fraction of sp³-hybridized carbons (Fsp3) is 0.296. The maximum Gasteiger partial charge on any atom is 0.240 e. The van der Waals surface area contributed by atoms with Gasteiger partial charge in [0.1, 0.15) is 0 Å². The molecular formula is C27H29N5O3S. The van der Waals surface area contributed by atoms with E-state index in [-0.39, 0.29) is 28.8 Å². The number of amides is 1. The number of H-pyrrole nitrogens is 1. The second-order valence-electron chi connectivity index (χ2n) is 9.35. The number of pyridine rings is 2. The molecule has 0 radical (unpaired) electrons. The van der Waals surface area contributed by atoms with E-state index in [1.54, 1.807) is 43.0 Å². The minimum atomic E-state index is -3.68. The van der Waals surface area contributed by atoms with Crippen LogP contribution in [0.3, 0.4) is 0 Å². The van der Waals surface area contributed by atoms with Gasteiger partial charge in [0.2, 0.25) is 15.9 Å². The molecule has 3 N–H and O–H groups in total. The predicted octanol–water partition coefficient (Wildman–Crippen LogP) is 4.34. The molecule has 0 spiro atoms. The lowest BCUT2D eigenvalue weighted by molar-refractivity contribution is -0.126. The van der Waals surface area contributed by atoms with Crippen molar-refractivity contribution in [1.82, 2.24) is 25.0 Å². The number of benzene rings is 1. The maximum atomic E-state index is 13.1. The molecule has 1 amide bonds. The zero-order valence-electron chi connectivity index (χ0n) is 20.0. The Kier molecular flexibility index (Phi) is 6.84. The van der Waals surface area contributed by atoms with Crippen LogP contribution in [0.5, 0.6) is 0 Å². The molecule has 5 rings (SSSR count). The zero-order chi connectivity index (χ0) is 25.1. The lowest BCUT2D eigenvalue weighted by Gasteiger charge is -2.29. The van der Waals surface area contributed by atoms with E-state index in [9.17, 15) is 13.2 Å². The van der Waals surface area contributed by atoms with Gasteiger partial charge in [-0.15, -0.1) is 0 Å². The molecule has 0 aliphatic heterocycles. The Hall–Kier alpha value is -3.56. The van der Waals surface area contributed by atoms with E-state index >= 15 is 0 Å². The van der Waals surface area contributed by atoms with Gasteiger partial charge in [0.15, 0.2) is 0 Å². The van der Waals surface area contributed by atoms with Crippen molar-refractivity contribution in [3.8, 4) is 11.3 Å². The van der Waals surface area contributed by atoms with E-state index in [0.29, 0.717) is 25.7 Å². The first-order valence-electron chi connectivity index (χ1n) is 12.1. The third-order valence-corrected chi connectivity index (χ3v) is 8.38. The second-order valence-corrected chi connectivity index (χ2v) is 11.1. The molecule has 9 heteroatoms. The van der Waals surface area contributed by atoms with E-state index in [0.717, 1.165) is 27.7 Å². The fourth-order valence-corrected chi connectivity index (χ4v) is 6.12. The molecule has 1 aliphatic carbocycles. The molecule has 1 atom stereocenters. The van der Waals surface area contributed by atoms with Crippen molar-refractivity contribution >= 4 is 26.8 Å². The predicted molar refractivity (Wildman–Crippen MR) is 138 cm³/mol. The Balaban J connectivity index is 1.20. The average Bonchev–Trinajstić information content (AvgIpc) is 3.33. The molecule has 186 valence electrons. The maximum absolute atomic E-state index is 13.1. The van der Waals surface area contributed by atoms with Crippen molar-refractivity contribution in [3.63, 3.8) is 0 Å². The highest BCUT2D eigenvalue weighted by Gasteiger charge is 2.30. The number of carbonyl (C=O) groups excluding carboxylic acids is 1. The Morgan fingerprint density at radius 1 is 1.00 bits per heavy atom. The Bertz CT molecular complexity index is 1450. The van der Waals surface area contributed by atoms with Gasteiger partial charge in [0.25, 0.3) is 0 Å². The number of aromatic amines is 1. The summed E-state index contributed by atoms with van der Waals surface area (Å²) in [5.41, 5.74) is 3.69. The van der Waals surface area contributed by atoms with Crippen LogP contribution in [0.25, 0.3) is 22.2 Å². The van der Waals surface area contributed by atoms with Crippen LogP contribution in [-0.2, 0) is 14.8 Å². The summed E-state index contributed by atoms with van der Waals surface area (Å²) in [6.45, 7) is 1.95. The molecule has 8 nitrogen and oxygen atoms in total. The Morgan fingerprint density at radius 2 is 1.78 bits per heavy atom. The number of hydrogen-bond acceptors (Lipinski definition) is 5. The number of carbonyl (C=O) groups is 1. The van der Waals surface area contributed by atoms with Crippen LogP contribution in [0.2, 0.25) is 0 Å². The third-order valence-electron chi connectivity index (χ3n) is 6.86. The van der Waals surface area contributed by atoms with Crippen molar-refractivity contribution in [3.05, 3.63) is 78.9 Å². The number of nitrogens with one attached hydrogen (secondary N) is 3. The largest absolute Gasteiger partial charge is 0.354 e. The third kappa shape index (κ3) is 5.32. The molecule has 36 heavy (non-hydrogen) atoms. The molecule has 3 heterocycles. The van der Waals surface area contributed by atoms with E-state index in [1.807, 2.05) is 37.3 Å². The number of aromatic nitrogens is 3. The molecule has 1 aliphatic rings. The van der Waals surface area contributed by atoms with Crippen LogP contribution < -0.4 is 10.0 Å². The molecule has 1 fully saturated rings. The standard InChI is InChI=1S/C27H29N5O3S/c1-18(19-10-13-28-14-11-19)30-27(33)20-4-6-23(7-5-20)32-36(34,35)24-8-9-25-22(15-24)16-26(31-25)21-3-2-12-29-17-21/h2-3,8-18,20,23,31-32H,4-7H2,1H3,(H,30,33). The molecular weight excluding hydrogens is 474 g/mol. The molecule has 1 unspecified atom stereocenters. The van der Waals surface area contributed by atoms with Crippen molar-refractivity contribution < 1.29 is 13.2 Å². The lowest BCUT2D eigenvalue weighted by Crippen LogP contribution is -2.41. The SMILES string of the molecule is CC(NC(=O)C1CCC(NS(=O)(=O)c2ccc3[nH]c(-c4cccnc4)cc3c2)CC1)c1ccncc1. The van der Waals surface area contributed by atoms with Crippen molar-refractivity contribution in [2.75, 3.05) is 0 Å². The van der Waals surface area contributed by atoms with Crippen LogP contribution >= 0.6 is 0 Å². The molecule has 3 aromatic heterocycles. The number of fused-ring (bicyclic) bond motifs is 1. The van der Waals surface area contributed by atoms with Crippen LogP contribution in [0.4, 0.5) is 0 Å². The monoisotopic (exact) mass is 503 g/mol. The van der Waals surface area contributed by atoms with Crippen molar-refractivity contribution in [1.29, 1.82) is 0 Å². The van der Waals surface area contributed by atoms with Crippen LogP contribution in [0, 0.1) is 5.92 Å². The Labute approximate surface area is 210 Å². The quantitative estimate of drug-likeness (QED) is 0.347. The summed E-state index contributed by atoms with van der Waals surface area (Å²) in [7, 11) is -3.68. The minimum Gasteiger partial charge on any atom is -0.354 e. The normalized spacial score (nSPS) is 19.1. The van der Waals surface area contributed by atoms with Gasteiger partial charge in [-0.2, -0.15) is 0 Å². The first kappa shape index (κ1) is 24.1. The Morgan fingerprint density at radius 3 is 2.50 bits per heavy atom. The summed E-state index contributed by atoms with van der Waals surface area (Å²) < 4.78 is 29.1. The summed E-state index contributed by atoms with van der Waals surface area (Å²) in [6, 6.07) is 14.3. The summed E-state index contributed by atoms with van der Waals surface area (Å²) >= 11 is 0. The van der Waals surface area contributed by atoms with E-state index in [1.165, 1.54) is 0 Å². The molecule has 0 bridgehead atoms. The smallest absolute Gasteiger partial charge is 0.240 e. The molecule has 4 aromatic rings. The fourth-order valence-electron chi connectivity index (χ4n) is 4.78. The van der Waals surface area contributed by atoms with Crippen LogP contribution in [-0.4, -0.2) is 35.3 Å². The molecule has 1 aromatic carbocycles. The summed E-state index contributed by atoms with van der Waals surface area (Å²) in [6.07, 6.45) is 9.44. The summed E-state index contributed by atoms with van der Waals surface area (Å²) in [5.74, 6) is -0.0971. The number of hydrogen-bond donors (Lipinski definition) is 3. The van der Waals surface area contributed by atoms with Gasteiger partial charge in [0, 0.05) is 58.9 Å². The van der Waals surface area contributed by atoms with Crippen molar-refractivity contribution in [2.24, 2.45) is 5.92 Å². The molecule has 0 saturated heterocycles. The van der Waals surface area contributed by atoms with Crippen molar-refractivity contribution in [2.45, 2.75) is 49.6 Å². The zero-order valence-corrected chi connectivity index (χ0v) is 20.8. The van der Waals surface area contributed by atoms with Crippen LogP contribution in [0.15, 0.2) is 78.2 Å². The number of sulfonamides is 1. The molecule has 1 saturated carbocycles. The van der Waals surface area contributed by atoms with Crippen LogP contribution in [0.1, 0.15) is 44.2 Å². The van der Waals surface area contributed by atoms with E-state index in [4.69, 9.17) is 0 Å². The van der Waals surface area contributed by atoms with Gasteiger partial charge in [0.05, 0.1) is 10.9 Å². The lowest BCUT2D eigenvalue weighted by atomic mass is 9.85. The topological polar surface area (TPSA) is 117 Å². The first-order valence-corrected chi connectivity index (χ1v) is 13.6. The number of nitrogens with zero attached hydrogens (tertiary/aromatic N) is 2. The average molecular weight is 504 g/mol. The summed E-state index contributed by atoms with van der Waals surface area (Å²) in [4.78, 5) is 24.5. The first-order chi connectivity index (χ1) is 17.4. The van der Waals surface area contributed by atoms with Gasteiger partial charge < -0.3 is 10.3 Å². The van der Waals surface area contributed by atoms with Gasteiger partial charge in [-0.05, 0) is 86.7 Å². The highest BCUT2D eigenvalue weighted by molar-refractivity contribution is 7.89. The van der Waals surface area contributed by atoms with E-state index < -0.39 is 10.0 Å². The second kappa shape index (κ2) is 10.2. The van der Waals surface area contributed by atoms with Gasteiger partial charge in [-0.3, -0.25) is 14.8 Å². The van der Waals surface area contributed by atoms with E-state index in [2.05, 4.69) is 25.0 Å². The van der Waals surface area contributed by atoms with Gasteiger partial charge in [-0.25, -0.2) is 13.1 Å². The summed E-state index contributed by atoms with van der Waals surface area (Å²) in [5, 5.41) is 3.89. The minimum absolute atomic E-state index is 0.0166.